The van der Waals surface area contributed by atoms with Crippen molar-refractivity contribution in [3.63, 3.8) is 0 Å². The van der Waals surface area contributed by atoms with Crippen molar-refractivity contribution in [2.24, 2.45) is 0 Å². The summed E-state index contributed by atoms with van der Waals surface area (Å²) in [6, 6.07) is 18.4. The molecular formula is C22H20F2N2O4S. The maximum Gasteiger partial charge on any atom is 0.387 e. The number of rotatable bonds is 8. The predicted molar refractivity (Wildman–Crippen MR) is 113 cm³/mol. The van der Waals surface area contributed by atoms with Gasteiger partial charge in [-0.3, -0.25) is 9.52 Å². The highest BCUT2D eigenvalue weighted by molar-refractivity contribution is 7.92. The minimum absolute atomic E-state index is 0.0176. The van der Waals surface area contributed by atoms with E-state index < -0.39 is 22.5 Å². The van der Waals surface area contributed by atoms with Gasteiger partial charge < -0.3 is 10.1 Å². The summed E-state index contributed by atoms with van der Waals surface area (Å²) >= 11 is 0. The minimum atomic E-state index is -3.87. The number of ether oxygens (including phenoxy) is 1. The summed E-state index contributed by atoms with van der Waals surface area (Å²) in [4.78, 5) is 12.4. The number of sulfonamides is 1. The lowest BCUT2D eigenvalue weighted by atomic mass is 10.2. The van der Waals surface area contributed by atoms with Crippen LogP contribution in [0.25, 0.3) is 0 Å². The van der Waals surface area contributed by atoms with Crippen LogP contribution in [0.5, 0.6) is 5.75 Å². The number of aryl methyl sites for hydroxylation is 1. The van der Waals surface area contributed by atoms with Crippen molar-refractivity contribution in [1.29, 1.82) is 0 Å². The first-order valence-electron chi connectivity index (χ1n) is 9.24. The van der Waals surface area contributed by atoms with E-state index in [1.165, 1.54) is 36.4 Å². The van der Waals surface area contributed by atoms with E-state index in [0.717, 1.165) is 5.56 Å². The number of benzene rings is 3. The van der Waals surface area contributed by atoms with Gasteiger partial charge >= 0.3 is 6.61 Å². The van der Waals surface area contributed by atoms with Gasteiger partial charge in [-0.1, -0.05) is 35.9 Å². The zero-order valence-corrected chi connectivity index (χ0v) is 17.3. The zero-order chi connectivity index (χ0) is 22.4. The lowest BCUT2D eigenvalue weighted by molar-refractivity contribution is -0.0498. The first kappa shape index (κ1) is 22.2. The van der Waals surface area contributed by atoms with Gasteiger partial charge in [0.1, 0.15) is 5.75 Å². The van der Waals surface area contributed by atoms with Gasteiger partial charge in [0.15, 0.2) is 0 Å². The highest BCUT2D eigenvalue weighted by atomic mass is 32.2. The number of carbonyl (C=O) groups excluding carboxylic acids is 1. The average molecular weight is 446 g/mol. The van der Waals surface area contributed by atoms with Crippen molar-refractivity contribution >= 4 is 21.6 Å². The summed E-state index contributed by atoms with van der Waals surface area (Å²) in [5.74, 6) is -0.454. The first-order chi connectivity index (χ1) is 14.7. The molecule has 3 aromatic rings. The molecule has 3 rings (SSSR count). The molecule has 9 heteroatoms. The van der Waals surface area contributed by atoms with Crippen molar-refractivity contribution in [1.82, 2.24) is 5.32 Å². The summed E-state index contributed by atoms with van der Waals surface area (Å²) in [5, 5.41) is 2.67. The molecule has 0 saturated carbocycles. The molecule has 0 aromatic heterocycles. The van der Waals surface area contributed by atoms with Crippen molar-refractivity contribution in [2.45, 2.75) is 25.0 Å². The van der Waals surface area contributed by atoms with Crippen LogP contribution < -0.4 is 14.8 Å². The number of anilines is 1. The van der Waals surface area contributed by atoms with Crippen LogP contribution in [0.4, 0.5) is 14.5 Å². The summed E-state index contributed by atoms with van der Waals surface area (Å²) in [6.45, 7) is -0.882. The quantitative estimate of drug-likeness (QED) is 0.540. The fourth-order valence-electron chi connectivity index (χ4n) is 2.71. The van der Waals surface area contributed by atoms with Crippen LogP contribution in [0.15, 0.2) is 77.7 Å². The Bertz CT molecular complexity index is 1150. The Labute approximate surface area is 178 Å². The maximum atomic E-state index is 12.6. The van der Waals surface area contributed by atoms with E-state index in [9.17, 15) is 22.0 Å². The van der Waals surface area contributed by atoms with Crippen molar-refractivity contribution in [3.05, 3.63) is 89.5 Å². The average Bonchev–Trinajstić information content (AvgIpc) is 2.74. The molecule has 0 unspecified atom stereocenters. The van der Waals surface area contributed by atoms with Crippen molar-refractivity contribution in [2.75, 3.05) is 4.72 Å². The summed E-state index contributed by atoms with van der Waals surface area (Å²) < 4.78 is 56.4. The second-order valence-electron chi connectivity index (χ2n) is 6.70. The second kappa shape index (κ2) is 9.57. The molecule has 0 aliphatic carbocycles. The molecule has 0 heterocycles. The number of hydrogen-bond acceptors (Lipinski definition) is 4. The highest BCUT2D eigenvalue weighted by Crippen LogP contribution is 2.18. The molecule has 6 nitrogen and oxygen atoms in total. The van der Waals surface area contributed by atoms with Gasteiger partial charge in [0.25, 0.3) is 15.9 Å². The fourth-order valence-corrected chi connectivity index (χ4v) is 3.82. The molecule has 0 fully saturated rings. The molecule has 1 amide bonds. The Morgan fingerprint density at radius 2 is 1.68 bits per heavy atom. The van der Waals surface area contributed by atoms with Crippen LogP contribution in [0.3, 0.4) is 0 Å². The molecule has 162 valence electrons. The lowest BCUT2D eigenvalue weighted by Crippen LogP contribution is -2.23. The van der Waals surface area contributed by atoms with Crippen LogP contribution >= 0.6 is 0 Å². The number of alkyl halides is 2. The van der Waals surface area contributed by atoms with Gasteiger partial charge in [0.05, 0.1) is 4.90 Å². The molecular weight excluding hydrogens is 426 g/mol. The Morgan fingerprint density at radius 1 is 1.00 bits per heavy atom. The molecule has 0 spiro atoms. The Morgan fingerprint density at radius 3 is 2.32 bits per heavy atom. The first-order valence-corrected chi connectivity index (χ1v) is 10.7. The molecule has 0 bridgehead atoms. The van der Waals surface area contributed by atoms with Gasteiger partial charge in [-0.05, 0) is 55.0 Å². The number of hydrogen-bond donors (Lipinski definition) is 2. The topological polar surface area (TPSA) is 84.5 Å². The molecule has 0 radical (unpaired) electrons. The summed E-state index contributed by atoms with van der Waals surface area (Å²) in [7, 11) is -3.87. The number of nitrogens with one attached hydrogen (secondary N) is 2. The zero-order valence-electron chi connectivity index (χ0n) is 16.5. The third-order valence-corrected chi connectivity index (χ3v) is 5.69. The lowest BCUT2D eigenvalue weighted by Gasteiger charge is -2.10. The van der Waals surface area contributed by atoms with Crippen LogP contribution in [-0.2, 0) is 16.6 Å². The van der Waals surface area contributed by atoms with Crippen molar-refractivity contribution in [3.8, 4) is 5.75 Å². The van der Waals surface area contributed by atoms with Crippen LogP contribution in [0.2, 0.25) is 0 Å². The number of halogens is 2. The van der Waals surface area contributed by atoms with E-state index >= 15 is 0 Å². The van der Waals surface area contributed by atoms with Gasteiger partial charge in [0, 0.05) is 17.8 Å². The molecule has 0 saturated heterocycles. The SMILES string of the molecule is Cc1ccc(NS(=O)(=O)c2cccc(C(=O)NCc3ccc(OC(F)F)cc3)c2)cc1. The molecule has 0 aliphatic rings. The van der Waals surface area contributed by atoms with Gasteiger partial charge in [-0.25, -0.2) is 8.42 Å². The summed E-state index contributed by atoms with van der Waals surface area (Å²) in [5.41, 5.74) is 2.25. The Hall–Kier alpha value is -3.46. The third kappa shape index (κ3) is 6.26. The van der Waals surface area contributed by atoms with E-state index in [2.05, 4.69) is 14.8 Å². The number of carbonyl (C=O) groups is 1. The molecule has 0 atom stereocenters. The van der Waals surface area contributed by atoms with Gasteiger partial charge in [0.2, 0.25) is 0 Å². The van der Waals surface area contributed by atoms with Gasteiger partial charge in [-0.2, -0.15) is 8.78 Å². The standard InChI is InChI=1S/C22H20F2N2O4S/c1-15-5-9-18(10-6-15)26-31(28,29)20-4-2-3-17(13-20)21(27)25-14-16-7-11-19(12-8-16)30-22(23)24/h2-13,22,26H,14H2,1H3,(H,25,27). The van der Waals surface area contributed by atoms with E-state index in [0.29, 0.717) is 11.3 Å². The molecule has 3 aromatic carbocycles. The molecule has 31 heavy (non-hydrogen) atoms. The van der Waals surface area contributed by atoms with Crippen molar-refractivity contribution < 1.29 is 26.7 Å². The Kier molecular flexibility index (Phi) is 6.86. The molecule has 0 aliphatic heterocycles. The predicted octanol–water partition coefficient (Wildman–Crippen LogP) is 4.33. The van der Waals surface area contributed by atoms with E-state index in [1.807, 2.05) is 6.92 Å². The second-order valence-corrected chi connectivity index (χ2v) is 8.39. The minimum Gasteiger partial charge on any atom is -0.435 e. The number of amides is 1. The Balaban J connectivity index is 1.66. The largest absolute Gasteiger partial charge is 0.435 e. The normalized spacial score (nSPS) is 11.2. The van der Waals surface area contributed by atoms with E-state index in [-0.39, 0.29) is 22.8 Å². The van der Waals surface area contributed by atoms with Crippen LogP contribution in [0, 0.1) is 6.92 Å². The van der Waals surface area contributed by atoms with E-state index in [4.69, 9.17) is 0 Å². The highest BCUT2D eigenvalue weighted by Gasteiger charge is 2.16. The van der Waals surface area contributed by atoms with Crippen LogP contribution in [0.1, 0.15) is 21.5 Å². The molecule has 2 N–H and O–H groups in total. The third-order valence-electron chi connectivity index (χ3n) is 4.31. The smallest absolute Gasteiger partial charge is 0.387 e. The van der Waals surface area contributed by atoms with Crippen LogP contribution in [-0.4, -0.2) is 20.9 Å². The fraction of sp³-hybridized carbons (Fsp3) is 0.136. The maximum absolute atomic E-state index is 12.6. The monoisotopic (exact) mass is 446 g/mol. The van der Waals surface area contributed by atoms with E-state index in [1.54, 1.807) is 36.4 Å². The van der Waals surface area contributed by atoms with Gasteiger partial charge in [-0.15, -0.1) is 0 Å². The summed E-state index contributed by atoms with van der Waals surface area (Å²) in [6.07, 6.45) is 0.